The van der Waals surface area contributed by atoms with Gasteiger partial charge in [0, 0.05) is 51.4 Å². The van der Waals surface area contributed by atoms with E-state index in [2.05, 4.69) is 14.9 Å². The van der Waals surface area contributed by atoms with Gasteiger partial charge in [-0.3, -0.25) is 14.4 Å². The molecule has 0 aromatic carbocycles. The second-order valence-corrected chi connectivity index (χ2v) is 6.76. The van der Waals surface area contributed by atoms with Crippen LogP contribution in [0.1, 0.15) is 25.7 Å². The predicted molar refractivity (Wildman–Crippen MR) is 88.5 cm³/mol. The lowest BCUT2D eigenvalue weighted by molar-refractivity contribution is -0.135. The molecule has 128 valence electrons. The average molecular weight is 341 g/mol. The molecule has 7 heteroatoms. The van der Waals surface area contributed by atoms with Crippen LogP contribution in [0.4, 0.5) is 0 Å². The summed E-state index contributed by atoms with van der Waals surface area (Å²) in [6.07, 6.45) is 7.28. The number of halogens is 1. The highest BCUT2D eigenvalue weighted by atomic mass is 35.5. The molecule has 0 bridgehead atoms. The molecule has 1 aromatic heterocycles. The SMILES string of the molecule is O=C(CCn1cc(Cl)cn1)N1CCCC[C@@H]1CN1CCOCC1. The van der Waals surface area contributed by atoms with Crippen LogP contribution in [-0.4, -0.2) is 70.9 Å². The monoisotopic (exact) mass is 340 g/mol. The van der Waals surface area contributed by atoms with Crippen molar-refractivity contribution in [3.8, 4) is 0 Å². The summed E-state index contributed by atoms with van der Waals surface area (Å²) in [6, 6.07) is 0.343. The number of ether oxygens (including phenoxy) is 1. The molecule has 2 aliphatic heterocycles. The van der Waals surface area contributed by atoms with Gasteiger partial charge in [0.15, 0.2) is 0 Å². The fourth-order valence-corrected chi connectivity index (χ4v) is 3.57. The molecule has 1 amide bonds. The van der Waals surface area contributed by atoms with Crippen LogP contribution < -0.4 is 0 Å². The number of rotatable bonds is 5. The molecule has 6 nitrogen and oxygen atoms in total. The zero-order valence-electron chi connectivity index (χ0n) is 13.5. The maximum absolute atomic E-state index is 12.6. The number of likely N-dealkylation sites (tertiary alicyclic amines) is 1. The number of nitrogens with zero attached hydrogens (tertiary/aromatic N) is 4. The Bertz CT molecular complexity index is 516. The molecule has 3 rings (SSSR count). The first-order chi connectivity index (χ1) is 11.2. The van der Waals surface area contributed by atoms with Crippen molar-refractivity contribution < 1.29 is 9.53 Å². The standard InChI is InChI=1S/C16H25ClN4O2/c17-14-11-18-20(12-14)6-4-16(22)21-5-2-1-3-15(21)13-19-7-9-23-10-8-19/h11-12,15H,1-10,13H2/t15-/m1/s1. The average Bonchev–Trinajstić information content (AvgIpc) is 3.00. The second kappa shape index (κ2) is 8.13. The zero-order chi connectivity index (χ0) is 16.1. The number of piperidine rings is 1. The van der Waals surface area contributed by atoms with Gasteiger partial charge in [0.05, 0.1) is 24.4 Å². The topological polar surface area (TPSA) is 50.6 Å². The Morgan fingerprint density at radius 3 is 2.87 bits per heavy atom. The first-order valence-corrected chi connectivity index (χ1v) is 8.88. The lowest BCUT2D eigenvalue weighted by Gasteiger charge is -2.39. The van der Waals surface area contributed by atoms with Crippen molar-refractivity contribution in [2.24, 2.45) is 0 Å². The van der Waals surface area contributed by atoms with Gasteiger partial charge in [-0.05, 0) is 19.3 Å². The van der Waals surface area contributed by atoms with Crippen molar-refractivity contribution in [1.82, 2.24) is 19.6 Å². The highest BCUT2D eigenvalue weighted by Crippen LogP contribution is 2.20. The molecule has 0 N–H and O–H groups in total. The molecule has 3 heterocycles. The van der Waals surface area contributed by atoms with Crippen LogP contribution in [0, 0.1) is 0 Å². The molecule has 0 unspecified atom stereocenters. The van der Waals surface area contributed by atoms with Gasteiger partial charge in [-0.2, -0.15) is 5.10 Å². The van der Waals surface area contributed by atoms with Crippen LogP contribution >= 0.6 is 11.6 Å². The fourth-order valence-electron chi connectivity index (χ4n) is 3.41. The van der Waals surface area contributed by atoms with E-state index in [4.69, 9.17) is 16.3 Å². The van der Waals surface area contributed by atoms with E-state index in [0.717, 1.165) is 52.2 Å². The minimum atomic E-state index is 0.231. The quantitative estimate of drug-likeness (QED) is 0.817. The van der Waals surface area contributed by atoms with Crippen LogP contribution in [-0.2, 0) is 16.1 Å². The summed E-state index contributed by atoms with van der Waals surface area (Å²) in [7, 11) is 0. The number of hydrogen-bond donors (Lipinski definition) is 0. The van der Waals surface area contributed by atoms with E-state index in [-0.39, 0.29) is 5.91 Å². The Hall–Kier alpha value is -1.11. The number of aryl methyl sites for hydroxylation is 1. The minimum Gasteiger partial charge on any atom is -0.379 e. The van der Waals surface area contributed by atoms with Gasteiger partial charge < -0.3 is 9.64 Å². The molecule has 0 aliphatic carbocycles. The molecule has 0 saturated carbocycles. The molecule has 1 atom stereocenters. The van der Waals surface area contributed by atoms with Gasteiger partial charge >= 0.3 is 0 Å². The summed E-state index contributed by atoms with van der Waals surface area (Å²) < 4.78 is 7.15. The molecule has 0 radical (unpaired) electrons. The van der Waals surface area contributed by atoms with Crippen LogP contribution in [0.3, 0.4) is 0 Å². The normalized spacial score (nSPS) is 23.2. The van der Waals surface area contributed by atoms with Crippen molar-refractivity contribution >= 4 is 17.5 Å². The number of amides is 1. The van der Waals surface area contributed by atoms with Crippen molar-refractivity contribution in [2.75, 3.05) is 39.4 Å². The Kier molecular flexibility index (Phi) is 5.91. The molecule has 0 spiro atoms. The summed E-state index contributed by atoms with van der Waals surface area (Å²) >= 11 is 5.86. The maximum Gasteiger partial charge on any atom is 0.224 e. The van der Waals surface area contributed by atoms with E-state index in [9.17, 15) is 4.79 Å². The molecule has 23 heavy (non-hydrogen) atoms. The Morgan fingerprint density at radius 2 is 2.13 bits per heavy atom. The molecular weight excluding hydrogens is 316 g/mol. The summed E-state index contributed by atoms with van der Waals surface area (Å²) in [4.78, 5) is 17.1. The number of carbonyl (C=O) groups is 1. The van der Waals surface area contributed by atoms with E-state index in [1.807, 2.05) is 0 Å². The van der Waals surface area contributed by atoms with Crippen LogP contribution in [0.25, 0.3) is 0 Å². The first-order valence-electron chi connectivity index (χ1n) is 8.50. The molecule has 2 fully saturated rings. The largest absolute Gasteiger partial charge is 0.379 e. The third-order valence-corrected chi connectivity index (χ3v) is 4.87. The highest BCUT2D eigenvalue weighted by molar-refractivity contribution is 6.30. The Balaban J connectivity index is 1.53. The van der Waals surface area contributed by atoms with Crippen LogP contribution in [0.15, 0.2) is 12.4 Å². The van der Waals surface area contributed by atoms with Crippen molar-refractivity contribution in [3.63, 3.8) is 0 Å². The molecule has 2 saturated heterocycles. The van der Waals surface area contributed by atoms with Gasteiger partial charge in [0.1, 0.15) is 0 Å². The van der Waals surface area contributed by atoms with Crippen molar-refractivity contribution in [1.29, 1.82) is 0 Å². The lowest BCUT2D eigenvalue weighted by atomic mass is 10.0. The molecular formula is C16H25ClN4O2. The summed E-state index contributed by atoms with van der Waals surface area (Å²) in [5.74, 6) is 0.231. The number of aromatic nitrogens is 2. The van der Waals surface area contributed by atoms with Gasteiger partial charge in [-0.1, -0.05) is 11.6 Å². The van der Waals surface area contributed by atoms with Crippen LogP contribution in [0.2, 0.25) is 5.02 Å². The van der Waals surface area contributed by atoms with Crippen LogP contribution in [0.5, 0.6) is 0 Å². The summed E-state index contributed by atoms with van der Waals surface area (Å²) in [6.45, 7) is 6.01. The second-order valence-electron chi connectivity index (χ2n) is 6.32. The molecule has 1 aromatic rings. The molecule has 2 aliphatic rings. The van der Waals surface area contributed by atoms with E-state index in [1.165, 1.54) is 6.42 Å². The Labute approximate surface area is 142 Å². The van der Waals surface area contributed by atoms with Crippen molar-refractivity contribution in [2.45, 2.75) is 38.3 Å². The third kappa shape index (κ3) is 4.68. The first kappa shape index (κ1) is 16.7. The lowest BCUT2D eigenvalue weighted by Crippen LogP contribution is -2.51. The van der Waals surface area contributed by atoms with E-state index < -0.39 is 0 Å². The van der Waals surface area contributed by atoms with E-state index in [1.54, 1.807) is 17.1 Å². The maximum atomic E-state index is 12.6. The fraction of sp³-hybridized carbons (Fsp3) is 0.750. The number of morpholine rings is 1. The van der Waals surface area contributed by atoms with Crippen molar-refractivity contribution in [3.05, 3.63) is 17.4 Å². The Morgan fingerprint density at radius 1 is 1.30 bits per heavy atom. The van der Waals surface area contributed by atoms with Gasteiger partial charge in [0.25, 0.3) is 0 Å². The van der Waals surface area contributed by atoms with E-state index in [0.29, 0.717) is 24.0 Å². The van der Waals surface area contributed by atoms with Gasteiger partial charge in [-0.15, -0.1) is 0 Å². The highest BCUT2D eigenvalue weighted by Gasteiger charge is 2.28. The summed E-state index contributed by atoms with van der Waals surface area (Å²) in [5.41, 5.74) is 0. The predicted octanol–water partition coefficient (Wildman–Crippen LogP) is 1.64. The summed E-state index contributed by atoms with van der Waals surface area (Å²) in [5, 5.41) is 4.75. The van der Waals surface area contributed by atoms with Gasteiger partial charge in [-0.25, -0.2) is 0 Å². The number of carbonyl (C=O) groups excluding carboxylic acids is 1. The zero-order valence-corrected chi connectivity index (χ0v) is 14.2. The minimum absolute atomic E-state index is 0.231. The van der Waals surface area contributed by atoms with E-state index >= 15 is 0 Å². The third-order valence-electron chi connectivity index (χ3n) is 4.68. The smallest absolute Gasteiger partial charge is 0.224 e. The number of hydrogen-bond acceptors (Lipinski definition) is 4. The van der Waals surface area contributed by atoms with Gasteiger partial charge in [0.2, 0.25) is 5.91 Å².